The Morgan fingerprint density at radius 3 is 2.69 bits per heavy atom. The van der Waals surface area contributed by atoms with Gasteiger partial charge in [-0.15, -0.1) is 10.2 Å². The molecule has 6 nitrogen and oxygen atoms in total. The van der Waals surface area contributed by atoms with Crippen LogP contribution in [0.5, 0.6) is 5.75 Å². The SMILES string of the molecule is COc1ccc(CCn2c(C)cc(C(=O)CSc3nnc(C4CC4)o3)c2C)cc1. The lowest BCUT2D eigenvalue weighted by molar-refractivity contribution is 0.102. The molecule has 1 fully saturated rings. The van der Waals surface area contributed by atoms with Crippen LogP contribution in [0.25, 0.3) is 0 Å². The molecule has 7 heteroatoms. The van der Waals surface area contributed by atoms with Crippen molar-refractivity contribution < 1.29 is 13.9 Å². The number of hydrogen-bond acceptors (Lipinski definition) is 6. The van der Waals surface area contributed by atoms with E-state index >= 15 is 0 Å². The lowest BCUT2D eigenvalue weighted by atomic mass is 10.1. The standard InChI is InChI=1S/C22H25N3O3S/c1-14-12-19(20(26)13-29-22-24-23-21(28-22)17-6-7-17)15(2)25(14)11-10-16-4-8-18(27-3)9-5-16/h4-5,8-9,12,17H,6-7,10-11,13H2,1-3H3. The zero-order valence-corrected chi connectivity index (χ0v) is 17.8. The van der Waals surface area contributed by atoms with Crippen LogP contribution in [0.15, 0.2) is 40.0 Å². The van der Waals surface area contributed by atoms with Crippen molar-refractivity contribution in [1.82, 2.24) is 14.8 Å². The Bertz CT molecular complexity index is 1000. The Morgan fingerprint density at radius 1 is 1.24 bits per heavy atom. The second-order valence-electron chi connectivity index (χ2n) is 7.43. The molecular formula is C22H25N3O3S. The predicted molar refractivity (Wildman–Crippen MR) is 112 cm³/mol. The second kappa shape index (κ2) is 8.45. The summed E-state index contributed by atoms with van der Waals surface area (Å²) in [6, 6.07) is 10.1. The molecule has 152 valence electrons. The van der Waals surface area contributed by atoms with E-state index in [0.717, 1.165) is 48.5 Å². The van der Waals surface area contributed by atoms with Crippen LogP contribution in [0.2, 0.25) is 0 Å². The zero-order chi connectivity index (χ0) is 20.4. The fraction of sp³-hybridized carbons (Fsp3) is 0.409. The van der Waals surface area contributed by atoms with Gasteiger partial charge in [-0.2, -0.15) is 0 Å². The van der Waals surface area contributed by atoms with Crippen LogP contribution in [0.3, 0.4) is 0 Å². The monoisotopic (exact) mass is 411 g/mol. The number of benzene rings is 1. The molecular weight excluding hydrogens is 386 g/mol. The second-order valence-corrected chi connectivity index (χ2v) is 8.35. The van der Waals surface area contributed by atoms with Crippen molar-refractivity contribution in [3.8, 4) is 5.75 Å². The molecule has 1 saturated carbocycles. The lowest BCUT2D eigenvalue weighted by Crippen LogP contribution is -2.08. The van der Waals surface area contributed by atoms with Gasteiger partial charge in [0.2, 0.25) is 5.89 Å². The van der Waals surface area contributed by atoms with E-state index < -0.39 is 0 Å². The predicted octanol–water partition coefficient (Wildman–Crippen LogP) is 4.59. The van der Waals surface area contributed by atoms with Gasteiger partial charge in [-0.25, -0.2) is 0 Å². The minimum Gasteiger partial charge on any atom is -0.497 e. The molecule has 1 aliphatic rings. The first kappa shape index (κ1) is 19.8. The first-order chi connectivity index (χ1) is 14.0. The van der Waals surface area contributed by atoms with Crippen molar-refractivity contribution in [2.75, 3.05) is 12.9 Å². The summed E-state index contributed by atoms with van der Waals surface area (Å²) >= 11 is 1.32. The van der Waals surface area contributed by atoms with Crippen LogP contribution < -0.4 is 4.74 Å². The van der Waals surface area contributed by atoms with Crippen molar-refractivity contribution in [1.29, 1.82) is 0 Å². The third kappa shape index (κ3) is 4.56. The van der Waals surface area contributed by atoms with E-state index in [1.165, 1.54) is 17.3 Å². The van der Waals surface area contributed by atoms with Crippen LogP contribution in [-0.2, 0) is 13.0 Å². The minimum atomic E-state index is 0.0879. The van der Waals surface area contributed by atoms with Gasteiger partial charge >= 0.3 is 0 Å². The molecule has 0 aliphatic heterocycles. The highest BCUT2D eigenvalue weighted by Gasteiger charge is 2.29. The third-order valence-electron chi connectivity index (χ3n) is 5.33. The molecule has 1 aromatic carbocycles. The van der Waals surface area contributed by atoms with Gasteiger partial charge in [0.1, 0.15) is 5.75 Å². The number of methoxy groups -OCH3 is 1. The van der Waals surface area contributed by atoms with Crippen molar-refractivity contribution >= 4 is 17.5 Å². The molecule has 0 saturated heterocycles. The van der Waals surface area contributed by atoms with Crippen molar-refractivity contribution in [3.05, 3.63) is 58.7 Å². The Kier molecular flexibility index (Phi) is 5.76. The van der Waals surface area contributed by atoms with Crippen LogP contribution >= 0.6 is 11.8 Å². The fourth-order valence-corrected chi connectivity index (χ4v) is 4.09. The summed E-state index contributed by atoms with van der Waals surface area (Å²) in [6.45, 7) is 4.89. The fourth-order valence-electron chi connectivity index (χ4n) is 3.44. The number of nitrogens with zero attached hydrogens (tertiary/aromatic N) is 3. The smallest absolute Gasteiger partial charge is 0.277 e. The average Bonchev–Trinajstić information content (AvgIpc) is 3.41. The van der Waals surface area contributed by atoms with Gasteiger partial charge in [0.15, 0.2) is 5.78 Å². The highest BCUT2D eigenvalue weighted by Crippen LogP contribution is 2.39. The van der Waals surface area contributed by atoms with Gasteiger partial charge in [0, 0.05) is 29.4 Å². The van der Waals surface area contributed by atoms with Gasteiger partial charge in [-0.05, 0) is 56.9 Å². The highest BCUT2D eigenvalue weighted by molar-refractivity contribution is 7.99. The van der Waals surface area contributed by atoms with E-state index in [1.807, 2.05) is 32.0 Å². The number of ketones is 1. The van der Waals surface area contributed by atoms with E-state index in [1.54, 1.807) is 7.11 Å². The van der Waals surface area contributed by atoms with E-state index in [-0.39, 0.29) is 5.78 Å². The number of thioether (sulfide) groups is 1. The molecule has 4 rings (SSSR count). The molecule has 29 heavy (non-hydrogen) atoms. The highest BCUT2D eigenvalue weighted by atomic mass is 32.2. The average molecular weight is 412 g/mol. The number of carbonyl (C=O) groups is 1. The molecule has 0 atom stereocenters. The maximum absolute atomic E-state index is 12.8. The summed E-state index contributed by atoms with van der Waals surface area (Å²) in [5.74, 6) is 2.38. The molecule has 0 amide bonds. The lowest BCUT2D eigenvalue weighted by Gasteiger charge is -2.10. The number of Topliss-reactive ketones (excluding diaryl/α,β-unsaturated/α-hetero) is 1. The molecule has 2 aromatic heterocycles. The van der Waals surface area contributed by atoms with Gasteiger partial charge in [-0.1, -0.05) is 23.9 Å². The topological polar surface area (TPSA) is 70.2 Å². The van der Waals surface area contributed by atoms with Gasteiger partial charge < -0.3 is 13.7 Å². The van der Waals surface area contributed by atoms with E-state index in [0.29, 0.717) is 22.8 Å². The molecule has 1 aliphatic carbocycles. The molecule has 0 radical (unpaired) electrons. The number of ether oxygens (including phenoxy) is 1. The Hall–Kier alpha value is -2.54. The van der Waals surface area contributed by atoms with Gasteiger partial charge in [-0.3, -0.25) is 4.79 Å². The maximum atomic E-state index is 12.8. The van der Waals surface area contributed by atoms with Crippen LogP contribution in [0.1, 0.15) is 52.0 Å². The van der Waals surface area contributed by atoms with Crippen molar-refractivity contribution in [3.63, 3.8) is 0 Å². The molecule has 0 bridgehead atoms. The maximum Gasteiger partial charge on any atom is 0.277 e. The van der Waals surface area contributed by atoms with Gasteiger partial charge in [0.25, 0.3) is 5.22 Å². The largest absolute Gasteiger partial charge is 0.497 e. The summed E-state index contributed by atoms with van der Waals surface area (Å²) < 4.78 is 13.1. The van der Waals surface area contributed by atoms with Crippen LogP contribution in [-0.4, -0.2) is 33.4 Å². The minimum absolute atomic E-state index is 0.0879. The first-order valence-electron chi connectivity index (χ1n) is 9.84. The first-order valence-corrected chi connectivity index (χ1v) is 10.8. The normalized spacial score (nSPS) is 13.6. The zero-order valence-electron chi connectivity index (χ0n) is 17.0. The van der Waals surface area contributed by atoms with E-state index in [4.69, 9.17) is 9.15 Å². The van der Waals surface area contributed by atoms with Crippen molar-refractivity contribution in [2.45, 2.75) is 50.8 Å². The van der Waals surface area contributed by atoms with Crippen LogP contribution in [0.4, 0.5) is 0 Å². The summed E-state index contributed by atoms with van der Waals surface area (Å²) in [4.78, 5) is 12.8. The summed E-state index contributed by atoms with van der Waals surface area (Å²) in [7, 11) is 1.67. The van der Waals surface area contributed by atoms with Crippen LogP contribution in [0, 0.1) is 13.8 Å². The summed E-state index contributed by atoms with van der Waals surface area (Å²) in [5.41, 5.74) is 4.11. The Labute approximate surface area is 174 Å². The Morgan fingerprint density at radius 2 is 2.00 bits per heavy atom. The number of rotatable bonds is 9. The van der Waals surface area contributed by atoms with E-state index in [2.05, 4.69) is 26.9 Å². The third-order valence-corrected chi connectivity index (χ3v) is 6.15. The summed E-state index contributed by atoms with van der Waals surface area (Å²) in [6.07, 6.45) is 3.14. The quantitative estimate of drug-likeness (QED) is 0.379. The number of aryl methyl sites for hydroxylation is 2. The Balaban J connectivity index is 1.37. The number of hydrogen-bond donors (Lipinski definition) is 0. The molecule has 3 aromatic rings. The number of carbonyl (C=O) groups excluding carboxylic acids is 1. The van der Waals surface area contributed by atoms with Crippen molar-refractivity contribution in [2.24, 2.45) is 0 Å². The number of aromatic nitrogens is 3. The molecule has 0 N–H and O–H groups in total. The molecule has 2 heterocycles. The summed E-state index contributed by atoms with van der Waals surface area (Å²) in [5, 5.41) is 8.59. The molecule has 0 spiro atoms. The van der Waals surface area contributed by atoms with E-state index in [9.17, 15) is 4.79 Å². The molecule has 0 unspecified atom stereocenters. The van der Waals surface area contributed by atoms with Gasteiger partial charge in [0.05, 0.1) is 12.9 Å².